The summed E-state index contributed by atoms with van der Waals surface area (Å²) >= 11 is 1.75. The molecule has 0 saturated heterocycles. The molecular formula is C19H27N3O2S. The van der Waals surface area contributed by atoms with E-state index in [4.69, 9.17) is 15.5 Å². The van der Waals surface area contributed by atoms with Gasteiger partial charge in [0.1, 0.15) is 17.5 Å². The molecule has 0 aliphatic carbocycles. The number of amides is 1. The smallest absolute Gasteiger partial charge is 0.404 e. The van der Waals surface area contributed by atoms with Gasteiger partial charge < -0.3 is 15.0 Å². The minimum absolute atomic E-state index is 0.248. The fourth-order valence-corrected chi connectivity index (χ4v) is 4.29. The molecular weight excluding hydrogens is 334 g/mol. The molecule has 0 spiro atoms. The first-order valence-corrected chi connectivity index (χ1v) is 9.41. The second kappa shape index (κ2) is 8.43. The van der Waals surface area contributed by atoms with E-state index < -0.39 is 6.09 Å². The van der Waals surface area contributed by atoms with Gasteiger partial charge in [0.05, 0.1) is 5.69 Å². The minimum Gasteiger partial charge on any atom is -0.449 e. The highest BCUT2D eigenvalue weighted by Gasteiger charge is 2.20. The summed E-state index contributed by atoms with van der Waals surface area (Å²) in [6.07, 6.45) is -0.187. The molecule has 2 rings (SSSR count). The maximum absolute atomic E-state index is 10.8. The molecule has 0 radical (unpaired) electrons. The van der Waals surface area contributed by atoms with Crippen LogP contribution in [0.15, 0.2) is 28.1 Å². The summed E-state index contributed by atoms with van der Waals surface area (Å²) in [5.41, 5.74) is 8.64. The number of primary amides is 1. The lowest BCUT2D eigenvalue weighted by Crippen LogP contribution is -2.16. The number of hydrogen-bond donors (Lipinski definition) is 1. The van der Waals surface area contributed by atoms with Gasteiger partial charge in [-0.25, -0.2) is 9.78 Å². The van der Waals surface area contributed by atoms with E-state index in [9.17, 15) is 4.79 Å². The number of nitrogens with two attached hydrogens (primary N) is 1. The molecule has 0 aliphatic heterocycles. The summed E-state index contributed by atoms with van der Waals surface area (Å²) in [7, 11) is 0. The molecule has 1 amide bonds. The van der Waals surface area contributed by atoms with Crippen molar-refractivity contribution in [1.82, 2.24) is 9.55 Å². The lowest BCUT2D eigenvalue weighted by Gasteiger charge is -2.12. The zero-order valence-electron chi connectivity index (χ0n) is 15.6. The largest absolute Gasteiger partial charge is 0.449 e. The Hall–Kier alpha value is -1.95. The molecule has 0 atom stereocenters. The molecule has 2 N–H and O–H groups in total. The molecule has 0 aliphatic rings. The summed E-state index contributed by atoms with van der Waals surface area (Å²) in [5, 5.41) is 1.16. The van der Waals surface area contributed by atoms with E-state index >= 15 is 0 Å². The lowest BCUT2D eigenvalue weighted by atomic mass is 10.1. The number of aromatic nitrogens is 2. The average molecular weight is 362 g/mol. The number of aryl methyl sites for hydroxylation is 2. The van der Waals surface area contributed by atoms with Gasteiger partial charge in [-0.1, -0.05) is 31.7 Å². The topological polar surface area (TPSA) is 70.1 Å². The van der Waals surface area contributed by atoms with E-state index in [1.807, 2.05) is 0 Å². The Balaban J connectivity index is 2.36. The highest BCUT2D eigenvalue weighted by Crippen LogP contribution is 2.35. The standard InChI is InChI=1S/C19H27N3O2S/c1-6-22-16(7-8-24-19(20)23)21-17(12(2)3)18(22)25-15-10-13(4)9-14(5)11-15/h9-12H,6-8H2,1-5H3,(H2,20,23). The average Bonchev–Trinajstić information content (AvgIpc) is 2.83. The highest BCUT2D eigenvalue weighted by atomic mass is 32.2. The number of hydrogen-bond acceptors (Lipinski definition) is 4. The first-order valence-electron chi connectivity index (χ1n) is 8.59. The van der Waals surface area contributed by atoms with Crippen LogP contribution in [0.25, 0.3) is 0 Å². The quantitative estimate of drug-likeness (QED) is 0.792. The molecule has 2 aromatic rings. The summed E-state index contributed by atoms with van der Waals surface area (Å²) in [5.74, 6) is 1.25. The molecule has 1 aromatic heterocycles. The van der Waals surface area contributed by atoms with Gasteiger partial charge in [0, 0.05) is 17.9 Å². The number of nitrogens with zero attached hydrogens (tertiary/aromatic N) is 2. The zero-order chi connectivity index (χ0) is 18.6. The van der Waals surface area contributed by atoms with E-state index in [1.54, 1.807) is 11.8 Å². The van der Waals surface area contributed by atoms with Crippen LogP contribution in [0.5, 0.6) is 0 Å². The molecule has 0 fully saturated rings. The van der Waals surface area contributed by atoms with Crippen LogP contribution in [0.3, 0.4) is 0 Å². The SMILES string of the molecule is CCn1c(CCOC(N)=O)nc(C(C)C)c1Sc1cc(C)cc(C)c1. The predicted octanol–water partition coefficient (Wildman–Crippen LogP) is 4.43. The maximum Gasteiger partial charge on any atom is 0.404 e. The van der Waals surface area contributed by atoms with Crippen LogP contribution in [0.4, 0.5) is 4.79 Å². The van der Waals surface area contributed by atoms with Crippen molar-refractivity contribution in [3.05, 3.63) is 40.8 Å². The summed E-state index contributed by atoms with van der Waals surface area (Å²) in [4.78, 5) is 16.8. The van der Waals surface area contributed by atoms with Crippen molar-refractivity contribution < 1.29 is 9.53 Å². The van der Waals surface area contributed by atoms with Gasteiger partial charge in [-0.3, -0.25) is 0 Å². The van der Waals surface area contributed by atoms with E-state index in [2.05, 4.69) is 57.4 Å². The number of carbonyl (C=O) groups excluding carboxylic acids is 1. The molecule has 136 valence electrons. The molecule has 5 nitrogen and oxygen atoms in total. The Morgan fingerprint density at radius 1 is 1.28 bits per heavy atom. The van der Waals surface area contributed by atoms with Crippen LogP contribution < -0.4 is 5.73 Å². The van der Waals surface area contributed by atoms with Gasteiger partial charge in [-0.15, -0.1) is 0 Å². The van der Waals surface area contributed by atoms with Gasteiger partial charge in [-0.2, -0.15) is 0 Å². The van der Waals surface area contributed by atoms with Crippen LogP contribution in [-0.4, -0.2) is 22.3 Å². The van der Waals surface area contributed by atoms with Crippen LogP contribution in [0.2, 0.25) is 0 Å². The molecule has 0 unspecified atom stereocenters. The minimum atomic E-state index is -0.747. The van der Waals surface area contributed by atoms with Crippen LogP contribution in [-0.2, 0) is 17.7 Å². The van der Waals surface area contributed by atoms with Crippen molar-refractivity contribution >= 4 is 17.9 Å². The third kappa shape index (κ3) is 5.01. The fourth-order valence-electron chi connectivity index (χ4n) is 2.85. The Labute approximate surface area is 154 Å². The second-order valence-corrected chi connectivity index (χ2v) is 7.52. The molecule has 1 aromatic carbocycles. The van der Waals surface area contributed by atoms with E-state index in [0.29, 0.717) is 12.3 Å². The maximum atomic E-state index is 10.8. The summed E-state index contributed by atoms with van der Waals surface area (Å²) in [6.45, 7) is 11.7. The molecule has 1 heterocycles. The lowest BCUT2D eigenvalue weighted by molar-refractivity contribution is 0.157. The van der Waals surface area contributed by atoms with E-state index in [-0.39, 0.29) is 6.61 Å². The summed E-state index contributed by atoms with van der Waals surface area (Å²) in [6, 6.07) is 6.58. The second-order valence-electron chi connectivity index (χ2n) is 6.46. The van der Waals surface area contributed by atoms with Crippen molar-refractivity contribution in [1.29, 1.82) is 0 Å². The number of benzene rings is 1. The first kappa shape index (κ1) is 19.4. The van der Waals surface area contributed by atoms with Crippen molar-refractivity contribution in [2.45, 2.75) is 63.4 Å². The van der Waals surface area contributed by atoms with Crippen molar-refractivity contribution in [2.24, 2.45) is 5.73 Å². The van der Waals surface area contributed by atoms with Gasteiger partial charge >= 0.3 is 6.09 Å². The normalized spacial score (nSPS) is 11.1. The number of ether oxygens (including phenoxy) is 1. The monoisotopic (exact) mass is 361 g/mol. The number of carbonyl (C=O) groups is 1. The fraction of sp³-hybridized carbons (Fsp3) is 0.474. The summed E-state index contributed by atoms with van der Waals surface area (Å²) < 4.78 is 7.09. The highest BCUT2D eigenvalue weighted by molar-refractivity contribution is 7.99. The predicted molar refractivity (Wildman–Crippen MR) is 101 cm³/mol. The Morgan fingerprint density at radius 3 is 2.44 bits per heavy atom. The van der Waals surface area contributed by atoms with Gasteiger partial charge in [0.15, 0.2) is 0 Å². The molecule has 0 bridgehead atoms. The molecule has 6 heteroatoms. The van der Waals surface area contributed by atoms with Crippen LogP contribution >= 0.6 is 11.8 Å². The van der Waals surface area contributed by atoms with Gasteiger partial charge in [-0.05, 0) is 49.9 Å². The van der Waals surface area contributed by atoms with Gasteiger partial charge in [0.25, 0.3) is 0 Å². The Bertz CT molecular complexity index is 733. The zero-order valence-corrected chi connectivity index (χ0v) is 16.4. The molecule has 0 saturated carbocycles. The molecule has 25 heavy (non-hydrogen) atoms. The van der Waals surface area contributed by atoms with Gasteiger partial charge in [0.2, 0.25) is 0 Å². The van der Waals surface area contributed by atoms with E-state index in [1.165, 1.54) is 16.0 Å². The third-order valence-electron chi connectivity index (χ3n) is 3.87. The Morgan fingerprint density at radius 2 is 1.92 bits per heavy atom. The van der Waals surface area contributed by atoms with Crippen molar-refractivity contribution in [3.63, 3.8) is 0 Å². The van der Waals surface area contributed by atoms with Crippen LogP contribution in [0.1, 0.15) is 49.3 Å². The first-order chi connectivity index (χ1) is 11.8. The van der Waals surface area contributed by atoms with Crippen LogP contribution in [0, 0.1) is 13.8 Å². The third-order valence-corrected chi connectivity index (χ3v) is 4.96. The number of imidazole rings is 1. The number of rotatable bonds is 7. The van der Waals surface area contributed by atoms with E-state index in [0.717, 1.165) is 23.1 Å². The van der Waals surface area contributed by atoms with Crippen molar-refractivity contribution in [2.75, 3.05) is 6.61 Å². The van der Waals surface area contributed by atoms with Crippen molar-refractivity contribution in [3.8, 4) is 0 Å². The Kier molecular flexibility index (Phi) is 6.53.